The molecule has 4 nitrogen and oxygen atoms in total. The van der Waals surface area contributed by atoms with Crippen LogP contribution in [-0.2, 0) is 14.3 Å². The zero-order chi connectivity index (χ0) is 14.4. The number of allylic oxidation sites excluding steroid dienone is 1. The molecule has 0 aliphatic carbocycles. The summed E-state index contributed by atoms with van der Waals surface area (Å²) in [6.07, 6.45) is 4.45. The Hall–Kier alpha value is -1.81. The highest BCUT2D eigenvalue weighted by atomic mass is 16.7. The van der Waals surface area contributed by atoms with E-state index in [1.165, 1.54) is 13.2 Å². The number of esters is 1. The van der Waals surface area contributed by atoms with Crippen LogP contribution in [0, 0.1) is 0 Å². The Balaban J connectivity index is 2.07. The van der Waals surface area contributed by atoms with Gasteiger partial charge < -0.3 is 14.2 Å². The lowest BCUT2D eigenvalue weighted by molar-refractivity contribution is -0.134. The van der Waals surface area contributed by atoms with E-state index in [0.29, 0.717) is 0 Å². The van der Waals surface area contributed by atoms with Crippen molar-refractivity contribution in [2.75, 3.05) is 13.7 Å². The number of hydrogen-bond donors (Lipinski definition) is 0. The van der Waals surface area contributed by atoms with Crippen LogP contribution in [0.25, 0.3) is 5.57 Å². The van der Waals surface area contributed by atoms with Crippen LogP contribution in [0.4, 0.5) is 0 Å². The Bertz CT molecular complexity index is 487. The molecule has 1 aliphatic heterocycles. The third-order valence-corrected chi connectivity index (χ3v) is 3.23. The van der Waals surface area contributed by atoms with E-state index in [9.17, 15) is 4.79 Å². The van der Waals surface area contributed by atoms with Crippen LogP contribution >= 0.6 is 0 Å². The van der Waals surface area contributed by atoms with E-state index in [0.717, 1.165) is 42.8 Å². The second-order valence-electron chi connectivity index (χ2n) is 4.79. The van der Waals surface area contributed by atoms with Gasteiger partial charge in [-0.05, 0) is 43.0 Å². The molecule has 0 amide bonds. The predicted octanol–water partition coefficient (Wildman–Crippen LogP) is 3.17. The summed E-state index contributed by atoms with van der Waals surface area (Å²) in [5.74, 6) is 0.399. The van der Waals surface area contributed by atoms with Crippen molar-refractivity contribution < 1.29 is 19.0 Å². The first-order valence-electron chi connectivity index (χ1n) is 6.84. The second-order valence-corrected chi connectivity index (χ2v) is 4.79. The van der Waals surface area contributed by atoms with Crippen LogP contribution in [-0.4, -0.2) is 26.0 Å². The fourth-order valence-electron chi connectivity index (χ4n) is 2.09. The first kappa shape index (κ1) is 14.6. The van der Waals surface area contributed by atoms with Gasteiger partial charge in [-0.2, -0.15) is 0 Å². The molecule has 0 radical (unpaired) electrons. The average molecular weight is 276 g/mol. The summed E-state index contributed by atoms with van der Waals surface area (Å²) in [6.45, 7) is 2.62. The number of methoxy groups -OCH3 is 1. The van der Waals surface area contributed by atoms with Crippen molar-refractivity contribution in [1.29, 1.82) is 0 Å². The van der Waals surface area contributed by atoms with Crippen molar-refractivity contribution in [2.24, 2.45) is 0 Å². The van der Waals surface area contributed by atoms with Gasteiger partial charge in [-0.1, -0.05) is 12.1 Å². The van der Waals surface area contributed by atoms with E-state index in [1.54, 1.807) is 0 Å². The van der Waals surface area contributed by atoms with Gasteiger partial charge in [0, 0.05) is 12.5 Å². The number of ether oxygens (including phenoxy) is 3. The topological polar surface area (TPSA) is 44.8 Å². The number of carbonyl (C=O) groups excluding carboxylic acids is 1. The first-order chi connectivity index (χ1) is 9.69. The minimum atomic E-state index is -0.357. The Morgan fingerprint density at radius 2 is 2.25 bits per heavy atom. The molecule has 0 bridgehead atoms. The molecule has 2 rings (SSSR count). The molecule has 1 aromatic carbocycles. The van der Waals surface area contributed by atoms with Gasteiger partial charge in [0.15, 0.2) is 6.29 Å². The molecular weight excluding hydrogens is 256 g/mol. The SMILES string of the molecule is COC(=O)C=C(C)c1cccc(OC2CCCCO2)c1. The van der Waals surface area contributed by atoms with Crippen molar-refractivity contribution in [1.82, 2.24) is 0 Å². The van der Waals surface area contributed by atoms with Gasteiger partial charge in [0.1, 0.15) is 5.75 Å². The number of rotatable bonds is 4. The maximum absolute atomic E-state index is 11.2. The van der Waals surface area contributed by atoms with Crippen molar-refractivity contribution >= 4 is 11.5 Å². The number of benzene rings is 1. The van der Waals surface area contributed by atoms with Crippen LogP contribution in [0.1, 0.15) is 31.7 Å². The van der Waals surface area contributed by atoms with E-state index < -0.39 is 0 Å². The molecule has 0 spiro atoms. The fraction of sp³-hybridized carbons (Fsp3) is 0.438. The zero-order valence-corrected chi connectivity index (χ0v) is 11.9. The van der Waals surface area contributed by atoms with Crippen molar-refractivity contribution in [3.63, 3.8) is 0 Å². The summed E-state index contributed by atoms with van der Waals surface area (Å²) < 4.78 is 16.0. The zero-order valence-electron chi connectivity index (χ0n) is 11.9. The van der Waals surface area contributed by atoms with Crippen LogP contribution in [0.3, 0.4) is 0 Å². The van der Waals surface area contributed by atoms with E-state index in [2.05, 4.69) is 4.74 Å². The standard InChI is InChI=1S/C16H20O4/c1-12(10-15(17)18-2)13-6-5-7-14(11-13)20-16-8-3-4-9-19-16/h5-7,10-11,16H,3-4,8-9H2,1-2H3. The molecule has 1 saturated heterocycles. The van der Waals surface area contributed by atoms with E-state index in [-0.39, 0.29) is 12.3 Å². The Morgan fingerprint density at radius 1 is 1.40 bits per heavy atom. The fourth-order valence-corrected chi connectivity index (χ4v) is 2.09. The third-order valence-electron chi connectivity index (χ3n) is 3.23. The minimum Gasteiger partial charge on any atom is -0.466 e. The maximum atomic E-state index is 11.2. The van der Waals surface area contributed by atoms with Gasteiger partial charge in [0.05, 0.1) is 13.7 Å². The van der Waals surface area contributed by atoms with Gasteiger partial charge in [-0.15, -0.1) is 0 Å². The summed E-state index contributed by atoms with van der Waals surface area (Å²) in [4.78, 5) is 11.2. The normalized spacial score (nSPS) is 19.5. The second kappa shape index (κ2) is 7.10. The van der Waals surface area contributed by atoms with Crippen LogP contribution in [0.2, 0.25) is 0 Å². The number of hydrogen-bond acceptors (Lipinski definition) is 4. The maximum Gasteiger partial charge on any atom is 0.330 e. The summed E-state index contributed by atoms with van der Waals surface area (Å²) in [5, 5.41) is 0. The third kappa shape index (κ3) is 4.10. The number of carbonyl (C=O) groups is 1. The average Bonchev–Trinajstić information content (AvgIpc) is 2.48. The first-order valence-corrected chi connectivity index (χ1v) is 6.84. The molecule has 0 saturated carbocycles. The summed E-state index contributed by atoms with van der Waals surface area (Å²) in [7, 11) is 1.37. The summed E-state index contributed by atoms with van der Waals surface area (Å²) in [6, 6.07) is 7.64. The lowest BCUT2D eigenvalue weighted by Crippen LogP contribution is -2.24. The molecular formula is C16H20O4. The van der Waals surface area contributed by atoms with E-state index >= 15 is 0 Å². The van der Waals surface area contributed by atoms with E-state index in [1.807, 2.05) is 31.2 Å². The Kier molecular flexibility index (Phi) is 5.18. The highest BCUT2D eigenvalue weighted by Gasteiger charge is 2.15. The largest absolute Gasteiger partial charge is 0.466 e. The van der Waals surface area contributed by atoms with Crippen LogP contribution in [0.5, 0.6) is 5.75 Å². The van der Waals surface area contributed by atoms with Gasteiger partial charge in [-0.25, -0.2) is 4.79 Å². The Labute approximate surface area is 119 Å². The molecule has 1 aromatic rings. The lowest BCUT2D eigenvalue weighted by Gasteiger charge is -2.23. The molecule has 0 aromatic heterocycles. The van der Waals surface area contributed by atoms with Gasteiger partial charge >= 0.3 is 5.97 Å². The van der Waals surface area contributed by atoms with Crippen molar-refractivity contribution in [2.45, 2.75) is 32.5 Å². The lowest BCUT2D eigenvalue weighted by atomic mass is 10.1. The van der Waals surface area contributed by atoms with Gasteiger partial charge in [0.2, 0.25) is 0 Å². The summed E-state index contributed by atoms with van der Waals surface area (Å²) >= 11 is 0. The molecule has 108 valence electrons. The Morgan fingerprint density at radius 3 is 2.95 bits per heavy atom. The molecule has 20 heavy (non-hydrogen) atoms. The molecule has 0 N–H and O–H groups in total. The molecule has 1 unspecified atom stereocenters. The van der Waals surface area contributed by atoms with Crippen LogP contribution in [0.15, 0.2) is 30.3 Å². The van der Waals surface area contributed by atoms with E-state index in [4.69, 9.17) is 9.47 Å². The predicted molar refractivity (Wildman–Crippen MR) is 76.3 cm³/mol. The quantitative estimate of drug-likeness (QED) is 0.626. The molecule has 1 aliphatic rings. The molecule has 4 heteroatoms. The molecule has 1 atom stereocenters. The summed E-state index contributed by atoms with van der Waals surface area (Å²) in [5.41, 5.74) is 1.77. The van der Waals surface area contributed by atoms with Crippen molar-refractivity contribution in [3.8, 4) is 5.75 Å². The van der Waals surface area contributed by atoms with Crippen LogP contribution < -0.4 is 4.74 Å². The highest BCUT2D eigenvalue weighted by molar-refractivity contribution is 5.90. The minimum absolute atomic E-state index is 0.163. The van der Waals surface area contributed by atoms with Crippen molar-refractivity contribution in [3.05, 3.63) is 35.9 Å². The molecule has 1 heterocycles. The van der Waals surface area contributed by atoms with Gasteiger partial charge in [-0.3, -0.25) is 0 Å². The molecule has 1 fully saturated rings. The smallest absolute Gasteiger partial charge is 0.330 e. The monoisotopic (exact) mass is 276 g/mol. The van der Waals surface area contributed by atoms with Gasteiger partial charge in [0.25, 0.3) is 0 Å². The highest BCUT2D eigenvalue weighted by Crippen LogP contribution is 2.23.